The summed E-state index contributed by atoms with van der Waals surface area (Å²) in [6.07, 6.45) is 2.10. The van der Waals surface area contributed by atoms with Crippen LogP contribution in [0.4, 0.5) is 0 Å². The molecule has 0 N–H and O–H groups in total. The van der Waals surface area contributed by atoms with Crippen molar-refractivity contribution in [2.75, 3.05) is 37.9 Å². The lowest BCUT2D eigenvalue weighted by atomic mass is 10.2. The monoisotopic (exact) mass is 364 g/mol. The predicted octanol–water partition coefficient (Wildman–Crippen LogP) is 4.19. The van der Waals surface area contributed by atoms with Gasteiger partial charge in [0, 0.05) is 37.9 Å². The van der Waals surface area contributed by atoms with Crippen molar-refractivity contribution in [1.82, 2.24) is 9.34 Å². The number of rotatable bonds is 9. The number of benzene rings is 1. The first-order valence-electron chi connectivity index (χ1n) is 7.62. The maximum atomic E-state index is 13.6. The minimum atomic E-state index is -3.08. The van der Waals surface area contributed by atoms with Crippen molar-refractivity contribution in [1.29, 1.82) is 0 Å². The third kappa shape index (κ3) is 4.70. The van der Waals surface area contributed by atoms with E-state index in [9.17, 15) is 4.57 Å². The molecule has 1 saturated heterocycles. The van der Waals surface area contributed by atoms with Crippen LogP contribution in [0.2, 0.25) is 0 Å². The fourth-order valence-corrected chi connectivity index (χ4v) is 5.73. The SMILES string of the molecule is O=P(OCc1ccccc1)(N(CCCl)CCCl)N1CCCC1. The molecule has 1 aliphatic heterocycles. The fourth-order valence-electron chi connectivity index (χ4n) is 2.59. The first-order chi connectivity index (χ1) is 10.7. The standard InChI is InChI=1S/C15H23Cl2N2O2P/c16-8-12-19(13-9-17)22(20,18-10-4-5-11-18)21-14-15-6-2-1-3-7-15/h1-3,6-7H,4-5,8-14H2. The summed E-state index contributed by atoms with van der Waals surface area (Å²) in [5, 5.41) is 0. The molecule has 1 atom stereocenters. The number of alkyl halides is 2. The van der Waals surface area contributed by atoms with Gasteiger partial charge in [-0.15, -0.1) is 23.2 Å². The van der Waals surface area contributed by atoms with Crippen LogP contribution in [-0.2, 0) is 15.7 Å². The highest BCUT2D eigenvalue weighted by atomic mass is 35.5. The van der Waals surface area contributed by atoms with Crippen LogP contribution in [-0.4, -0.2) is 47.3 Å². The Labute approximate surface area is 142 Å². The molecule has 2 rings (SSSR count). The summed E-state index contributed by atoms with van der Waals surface area (Å²) in [4.78, 5) is 0. The molecule has 1 unspecified atom stereocenters. The quantitative estimate of drug-likeness (QED) is 0.485. The highest BCUT2D eigenvalue weighted by Crippen LogP contribution is 2.56. The molecule has 4 nitrogen and oxygen atoms in total. The van der Waals surface area contributed by atoms with Gasteiger partial charge in [0.05, 0.1) is 6.61 Å². The second-order valence-electron chi connectivity index (χ2n) is 5.24. The molecule has 0 radical (unpaired) electrons. The summed E-state index contributed by atoms with van der Waals surface area (Å²) in [6, 6.07) is 9.81. The van der Waals surface area contributed by atoms with Gasteiger partial charge in [-0.05, 0) is 18.4 Å². The number of hydrogen-bond donors (Lipinski definition) is 0. The van der Waals surface area contributed by atoms with Crippen LogP contribution in [0.5, 0.6) is 0 Å². The van der Waals surface area contributed by atoms with Gasteiger partial charge in [-0.1, -0.05) is 30.3 Å². The number of halogens is 2. The maximum absolute atomic E-state index is 13.6. The lowest BCUT2D eigenvalue weighted by Gasteiger charge is -2.35. The minimum absolute atomic E-state index is 0.329. The summed E-state index contributed by atoms with van der Waals surface area (Å²) in [5.74, 6) is 0.812. The third-order valence-corrected chi connectivity index (χ3v) is 6.76. The van der Waals surface area contributed by atoms with Gasteiger partial charge in [0.15, 0.2) is 0 Å². The Kier molecular flexibility index (Phi) is 7.69. The molecule has 1 heterocycles. The molecule has 22 heavy (non-hydrogen) atoms. The van der Waals surface area contributed by atoms with Gasteiger partial charge in [-0.3, -0.25) is 4.57 Å². The topological polar surface area (TPSA) is 32.8 Å². The van der Waals surface area contributed by atoms with Crippen molar-refractivity contribution in [2.24, 2.45) is 0 Å². The van der Waals surface area contributed by atoms with Crippen LogP contribution >= 0.6 is 30.9 Å². The molecule has 1 aliphatic rings. The number of hydrogen-bond acceptors (Lipinski definition) is 2. The summed E-state index contributed by atoms with van der Waals surface area (Å²) >= 11 is 11.8. The Morgan fingerprint density at radius 1 is 1.09 bits per heavy atom. The zero-order valence-electron chi connectivity index (χ0n) is 12.7. The van der Waals surface area contributed by atoms with E-state index in [2.05, 4.69) is 0 Å². The van der Waals surface area contributed by atoms with E-state index in [0.29, 0.717) is 31.5 Å². The van der Waals surface area contributed by atoms with E-state index in [1.54, 1.807) is 0 Å². The molecule has 7 heteroatoms. The highest BCUT2D eigenvalue weighted by molar-refractivity contribution is 7.54. The van der Waals surface area contributed by atoms with Crippen molar-refractivity contribution in [3.05, 3.63) is 35.9 Å². The van der Waals surface area contributed by atoms with Crippen LogP contribution in [0.25, 0.3) is 0 Å². The van der Waals surface area contributed by atoms with Gasteiger partial charge < -0.3 is 4.52 Å². The van der Waals surface area contributed by atoms with Crippen molar-refractivity contribution in [3.8, 4) is 0 Å². The largest absolute Gasteiger partial charge is 0.346 e. The van der Waals surface area contributed by atoms with Gasteiger partial charge >= 0.3 is 7.67 Å². The highest BCUT2D eigenvalue weighted by Gasteiger charge is 2.39. The van der Waals surface area contributed by atoms with E-state index in [4.69, 9.17) is 27.7 Å². The fraction of sp³-hybridized carbons (Fsp3) is 0.600. The van der Waals surface area contributed by atoms with E-state index >= 15 is 0 Å². The van der Waals surface area contributed by atoms with Crippen LogP contribution in [0.1, 0.15) is 18.4 Å². The normalized spacial score (nSPS) is 18.7. The van der Waals surface area contributed by atoms with E-state index in [1.165, 1.54) is 0 Å². The third-order valence-electron chi connectivity index (χ3n) is 3.72. The van der Waals surface area contributed by atoms with Crippen molar-refractivity contribution >= 4 is 30.9 Å². The summed E-state index contributed by atoms with van der Waals surface area (Å²) in [7, 11) is -3.08. The first kappa shape index (κ1) is 18.3. The average molecular weight is 365 g/mol. The van der Waals surface area contributed by atoms with Gasteiger partial charge in [0.2, 0.25) is 0 Å². The molecule has 0 bridgehead atoms. The Balaban J connectivity index is 2.14. The molecular weight excluding hydrogens is 342 g/mol. The Morgan fingerprint density at radius 3 is 2.23 bits per heavy atom. The summed E-state index contributed by atoms with van der Waals surface area (Å²) in [5.41, 5.74) is 1.01. The van der Waals surface area contributed by atoms with E-state index in [-0.39, 0.29) is 0 Å². The lowest BCUT2D eigenvalue weighted by molar-refractivity contribution is 0.213. The Hall–Kier alpha value is -0.0900. The first-order valence-corrected chi connectivity index (χ1v) is 10.2. The van der Waals surface area contributed by atoms with Gasteiger partial charge in [-0.2, -0.15) is 0 Å². The molecule has 0 saturated carbocycles. The van der Waals surface area contributed by atoms with Crippen molar-refractivity contribution in [2.45, 2.75) is 19.4 Å². The van der Waals surface area contributed by atoms with Crippen LogP contribution in [0.3, 0.4) is 0 Å². The van der Waals surface area contributed by atoms with Crippen LogP contribution in [0.15, 0.2) is 30.3 Å². The number of nitrogens with zero attached hydrogens (tertiary/aromatic N) is 2. The molecule has 0 aromatic heterocycles. The molecule has 1 aromatic rings. The van der Waals surface area contributed by atoms with Crippen molar-refractivity contribution in [3.63, 3.8) is 0 Å². The molecular formula is C15H23Cl2N2O2P. The Morgan fingerprint density at radius 2 is 1.68 bits per heavy atom. The minimum Gasteiger partial charge on any atom is -0.301 e. The zero-order valence-corrected chi connectivity index (χ0v) is 15.1. The molecule has 1 aromatic carbocycles. The molecule has 1 fully saturated rings. The van der Waals surface area contributed by atoms with Crippen LogP contribution in [0, 0.1) is 0 Å². The molecule has 0 spiro atoms. The van der Waals surface area contributed by atoms with E-state index in [0.717, 1.165) is 31.5 Å². The summed E-state index contributed by atoms with van der Waals surface area (Å²) < 4.78 is 23.3. The van der Waals surface area contributed by atoms with E-state index < -0.39 is 7.67 Å². The molecule has 0 aliphatic carbocycles. The smallest absolute Gasteiger partial charge is 0.301 e. The van der Waals surface area contributed by atoms with Gasteiger partial charge in [0.25, 0.3) is 0 Å². The van der Waals surface area contributed by atoms with Gasteiger partial charge in [-0.25, -0.2) is 9.34 Å². The van der Waals surface area contributed by atoms with Gasteiger partial charge in [0.1, 0.15) is 0 Å². The predicted molar refractivity (Wildman–Crippen MR) is 92.7 cm³/mol. The molecule has 0 amide bonds. The second-order valence-corrected chi connectivity index (χ2v) is 8.37. The molecule has 124 valence electrons. The maximum Gasteiger partial charge on any atom is 0.346 e. The lowest BCUT2D eigenvalue weighted by Crippen LogP contribution is -2.34. The van der Waals surface area contributed by atoms with Crippen molar-refractivity contribution < 1.29 is 9.09 Å². The Bertz CT molecular complexity index is 478. The zero-order chi connectivity index (χ0) is 15.8. The second kappa shape index (κ2) is 9.27. The van der Waals surface area contributed by atoms with Crippen LogP contribution < -0.4 is 0 Å². The van der Waals surface area contributed by atoms with E-state index in [1.807, 2.05) is 39.7 Å². The summed E-state index contributed by atoms with van der Waals surface area (Å²) in [6.45, 7) is 2.95. The average Bonchev–Trinajstić information content (AvgIpc) is 3.08.